The molecule has 1 nitrogen and oxygen atoms in total. The molecular formula is C8H12O. The molecule has 1 N–H and O–H groups in total. The lowest BCUT2D eigenvalue weighted by atomic mass is 10.1. The van der Waals surface area contributed by atoms with Crippen LogP contribution in [0.2, 0.25) is 0 Å². The average molecular weight is 124 g/mol. The summed E-state index contributed by atoms with van der Waals surface area (Å²) in [5.74, 6) is 2.35. The maximum atomic E-state index is 9.51. The van der Waals surface area contributed by atoms with Crippen molar-refractivity contribution in [3.05, 3.63) is 0 Å². The molecule has 4 bridgehead atoms. The van der Waals surface area contributed by atoms with E-state index in [1.54, 1.807) is 0 Å². The third-order valence-electron chi connectivity index (χ3n) is 4.04. The third-order valence-corrected chi connectivity index (χ3v) is 4.04. The first kappa shape index (κ1) is 4.73. The van der Waals surface area contributed by atoms with E-state index in [-0.39, 0.29) is 6.10 Å². The Hall–Kier alpha value is -0.0400. The van der Waals surface area contributed by atoms with E-state index in [0.717, 1.165) is 11.8 Å². The molecule has 0 aromatic heterocycles. The molecule has 50 valence electrons. The Bertz CT molecular complexity index is 175. The monoisotopic (exact) mass is 124 g/mol. The summed E-state index contributed by atoms with van der Waals surface area (Å²) in [6.45, 7) is 2.35. The van der Waals surface area contributed by atoms with Crippen molar-refractivity contribution in [1.82, 2.24) is 0 Å². The molecule has 4 aliphatic rings. The largest absolute Gasteiger partial charge is 0.393 e. The molecule has 0 amide bonds. The maximum absolute atomic E-state index is 9.51. The number of hydrogen-bond donors (Lipinski definition) is 1. The van der Waals surface area contributed by atoms with Crippen LogP contribution in [-0.4, -0.2) is 11.2 Å². The molecule has 0 aromatic rings. The first-order chi connectivity index (χ1) is 4.23. The second kappa shape index (κ2) is 0.968. The summed E-state index contributed by atoms with van der Waals surface area (Å²) in [5, 5.41) is 9.51. The van der Waals surface area contributed by atoms with Crippen molar-refractivity contribution < 1.29 is 5.11 Å². The van der Waals surface area contributed by atoms with Crippen LogP contribution in [0.15, 0.2) is 0 Å². The first-order valence-corrected chi connectivity index (χ1v) is 3.91. The van der Waals surface area contributed by atoms with Gasteiger partial charge in [-0.05, 0) is 36.0 Å². The average Bonchev–Trinajstić information content (AvgIpc) is 2.21. The smallest absolute Gasteiger partial charge is 0.0605 e. The van der Waals surface area contributed by atoms with E-state index in [1.165, 1.54) is 12.8 Å². The van der Waals surface area contributed by atoms with Gasteiger partial charge in [0.1, 0.15) is 0 Å². The highest BCUT2D eigenvalue weighted by atomic mass is 16.3. The van der Waals surface area contributed by atoms with Crippen LogP contribution in [0.1, 0.15) is 19.8 Å². The van der Waals surface area contributed by atoms with Gasteiger partial charge in [-0.15, -0.1) is 0 Å². The van der Waals surface area contributed by atoms with Crippen molar-refractivity contribution in [2.45, 2.75) is 25.9 Å². The minimum absolute atomic E-state index is 0.0972. The predicted octanol–water partition coefficient (Wildman–Crippen LogP) is 1.02. The van der Waals surface area contributed by atoms with Crippen LogP contribution in [0.5, 0.6) is 0 Å². The number of rotatable bonds is 0. The zero-order valence-electron chi connectivity index (χ0n) is 5.67. The number of aliphatic hydroxyl groups excluding tert-OH is 1. The van der Waals surface area contributed by atoms with Crippen molar-refractivity contribution in [1.29, 1.82) is 0 Å². The van der Waals surface area contributed by atoms with E-state index in [9.17, 15) is 5.11 Å². The molecule has 0 radical (unpaired) electrons. The molecule has 0 aromatic carbocycles. The second-order valence-corrected chi connectivity index (χ2v) is 4.33. The summed E-state index contributed by atoms with van der Waals surface area (Å²) in [4.78, 5) is 0. The Morgan fingerprint density at radius 1 is 1.56 bits per heavy atom. The highest BCUT2D eigenvalue weighted by Crippen LogP contribution is 2.78. The van der Waals surface area contributed by atoms with Crippen molar-refractivity contribution >= 4 is 0 Å². The van der Waals surface area contributed by atoms with Crippen LogP contribution in [-0.2, 0) is 0 Å². The van der Waals surface area contributed by atoms with E-state index in [4.69, 9.17) is 0 Å². The van der Waals surface area contributed by atoms with Crippen molar-refractivity contribution in [2.75, 3.05) is 0 Å². The van der Waals surface area contributed by atoms with Gasteiger partial charge in [-0.25, -0.2) is 0 Å². The predicted molar refractivity (Wildman–Crippen MR) is 33.8 cm³/mol. The molecule has 0 heterocycles. The first-order valence-electron chi connectivity index (χ1n) is 3.91. The molecule has 5 atom stereocenters. The summed E-state index contributed by atoms with van der Waals surface area (Å²) < 4.78 is 0. The minimum Gasteiger partial charge on any atom is -0.393 e. The van der Waals surface area contributed by atoms with Crippen LogP contribution in [0.4, 0.5) is 0 Å². The van der Waals surface area contributed by atoms with Gasteiger partial charge in [-0.2, -0.15) is 0 Å². The fourth-order valence-corrected chi connectivity index (χ4v) is 3.56. The topological polar surface area (TPSA) is 20.2 Å². The van der Waals surface area contributed by atoms with Gasteiger partial charge in [-0.1, -0.05) is 6.92 Å². The Morgan fingerprint density at radius 3 is 2.44 bits per heavy atom. The molecular weight excluding hydrogens is 112 g/mol. The summed E-state index contributed by atoms with van der Waals surface area (Å²) >= 11 is 0. The summed E-state index contributed by atoms with van der Waals surface area (Å²) in [6, 6.07) is 0. The van der Waals surface area contributed by atoms with E-state index < -0.39 is 0 Å². The standard InChI is InChI=1S/C8H12O/c1-8-3-4-2-5(8)6(8)7(4)9/h4-7,9H,2-3H2,1H3. The van der Waals surface area contributed by atoms with Crippen LogP contribution in [0.25, 0.3) is 0 Å². The fourth-order valence-electron chi connectivity index (χ4n) is 3.56. The number of aliphatic hydroxyl groups is 1. The molecule has 5 unspecified atom stereocenters. The minimum atomic E-state index is 0.0972. The molecule has 1 heteroatoms. The van der Waals surface area contributed by atoms with Gasteiger partial charge in [0.15, 0.2) is 0 Å². The van der Waals surface area contributed by atoms with Gasteiger partial charge in [0, 0.05) is 0 Å². The van der Waals surface area contributed by atoms with Crippen LogP contribution in [0.3, 0.4) is 0 Å². The quantitative estimate of drug-likeness (QED) is 0.511. The lowest BCUT2D eigenvalue weighted by Gasteiger charge is -2.03. The van der Waals surface area contributed by atoms with Crippen LogP contribution in [0, 0.1) is 23.2 Å². The van der Waals surface area contributed by atoms with Gasteiger partial charge < -0.3 is 5.11 Å². The Balaban J connectivity index is 2.10. The van der Waals surface area contributed by atoms with E-state index in [1.807, 2.05) is 0 Å². The summed E-state index contributed by atoms with van der Waals surface area (Å²) in [5.41, 5.74) is 0.615. The molecule has 4 saturated carbocycles. The van der Waals surface area contributed by atoms with Crippen LogP contribution < -0.4 is 0 Å². The molecule has 0 saturated heterocycles. The molecule has 4 aliphatic carbocycles. The molecule has 0 spiro atoms. The summed E-state index contributed by atoms with van der Waals surface area (Å²) in [6.07, 6.45) is 2.76. The van der Waals surface area contributed by atoms with Crippen LogP contribution >= 0.6 is 0 Å². The summed E-state index contributed by atoms with van der Waals surface area (Å²) in [7, 11) is 0. The van der Waals surface area contributed by atoms with Gasteiger partial charge in [-0.3, -0.25) is 0 Å². The Labute approximate surface area is 55.1 Å². The van der Waals surface area contributed by atoms with Gasteiger partial charge in [0.05, 0.1) is 6.10 Å². The molecule has 0 aliphatic heterocycles. The van der Waals surface area contributed by atoms with Crippen molar-refractivity contribution in [3.63, 3.8) is 0 Å². The van der Waals surface area contributed by atoms with Crippen molar-refractivity contribution in [3.8, 4) is 0 Å². The zero-order chi connectivity index (χ0) is 6.22. The van der Waals surface area contributed by atoms with E-state index >= 15 is 0 Å². The van der Waals surface area contributed by atoms with Gasteiger partial charge in [0.25, 0.3) is 0 Å². The highest BCUT2D eigenvalue weighted by molar-refractivity contribution is 5.24. The van der Waals surface area contributed by atoms with Gasteiger partial charge >= 0.3 is 0 Å². The third kappa shape index (κ3) is 0.295. The molecule has 9 heavy (non-hydrogen) atoms. The van der Waals surface area contributed by atoms with Crippen molar-refractivity contribution in [2.24, 2.45) is 23.2 Å². The maximum Gasteiger partial charge on any atom is 0.0605 e. The van der Waals surface area contributed by atoms with E-state index in [2.05, 4.69) is 6.92 Å². The number of hydrogen-bond acceptors (Lipinski definition) is 1. The lowest BCUT2D eigenvalue weighted by molar-refractivity contribution is 0.134. The second-order valence-electron chi connectivity index (χ2n) is 4.33. The Morgan fingerprint density at radius 2 is 2.33 bits per heavy atom. The fraction of sp³-hybridized carbons (Fsp3) is 1.00. The zero-order valence-corrected chi connectivity index (χ0v) is 5.67. The SMILES string of the molecule is CC12CC3CC1C2C3O. The highest BCUT2D eigenvalue weighted by Gasteiger charge is 2.75. The molecule has 4 rings (SSSR count). The Kier molecular flexibility index (Phi) is 0.508. The lowest BCUT2D eigenvalue weighted by Crippen LogP contribution is -2.09. The molecule has 4 fully saturated rings. The van der Waals surface area contributed by atoms with E-state index in [0.29, 0.717) is 11.3 Å². The normalized spacial score (nSPS) is 75.3. The van der Waals surface area contributed by atoms with Gasteiger partial charge in [0.2, 0.25) is 0 Å².